The molecule has 0 aliphatic rings. The molecule has 1 aromatic rings. The Balaban J connectivity index is 3.26. The van der Waals surface area contributed by atoms with E-state index in [4.69, 9.17) is 27.4 Å². The summed E-state index contributed by atoms with van der Waals surface area (Å²) in [4.78, 5) is 0. The van der Waals surface area contributed by atoms with Gasteiger partial charge in [0.05, 0.1) is 5.02 Å². The highest BCUT2D eigenvalue weighted by molar-refractivity contribution is 9.10. The van der Waals surface area contributed by atoms with Gasteiger partial charge in [-0.2, -0.15) is 15.8 Å². The maximum atomic E-state index is 8.92. The van der Waals surface area contributed by atoms with Gasteiger partial charge in [-0.15, -0.1) is 0 Å². The predicted octanol–water partition coefficient (Wildman–Crippen LogP) is 3.65. The minimum Gasteiger partial charge on any atom is -0.345 e. The van der Waals surface area contributed by atoms with Gasteiger partial charge in [-0.1, -0.05) is 11.6 Å². The van der Waals surface area contributed by atoms with Crippen LogP contribution in [0.5, 0.6) is 0 Å². The largest absolute Gasteiger partial charge is 0.345 e. The smallest absolute Gasteiger partial charge is 0.163 e. The number of hydrogen-bond acceptors (Lipinski definition) is 4. The predicted molar refractivity (Wildman–Crippen MR) is 71.4 cm³/mol. The van der Waals surface area contributed by atoms with Crippen LogP contribution in [-0.2, 0) is 0 Å². The first-order valence-electron chi connectivity index (χ1n) is 4.70. The fourth-order valence-electron chi connectivity index (χ4n) is 1.20. The van der Waals surface area contributed by atoms with Crippen molar-refractivity contribution in [3.8, 4) is 18.2 Å². The first-order valence-corrected chi connectivity index (χ1v) is 5.87. The van der Waals surface area contributed by atoms with Crippen LogP contribution in [0.3, 0.4) is 0 Å². The lowest BCUT2D eigenvalue weighted by Crippen LogP contribution is -2.02. The molecule has 0 atom stereocenters. The number of nitrogens with one attached hydrogen (secondary N) is 1. The fourth-order valence-corrected chi connectivity index (χ4v) is 1.82. The van der Waals surface area contributed by atoms with Gasteiger partial charge in [0.1, 0.15) is 23.9 Å². The lowest BCUT2D eigenvalue weighted by molar-refractivity contribution is 1.34. The molecule has 0 radical (unpaired) electrons. The van der Waals surface area contributed by atoms with E-state index in [1.807, 2.05) is 6.92 Å². The number of aryl methyl sites for hydroxylation is 1. The lowest BCUT2D eigenvalue weighted by atomic mass is 10.2. The van der Waals surface area contributed by atoms with Gasteiger partial charge in [-0.25, -0.2) is 0 Å². The number of nitriles is 3. The Morgan fingerprint density at radius 2 is 1.83 bits per heavy atom. The van der Waals surface area contributed by atoms with Crippen LogP contribution in [0.2, 0.25) is 5.02 Å². The molecule has 4 nitrogen and oxygen atoms in total. The molecule has 0 aliphatic carbocycles. The summed E-state index contributed by atoms with van der Waals surface area (Å²) in [5.41, 5.74) is 1.04. The summed E-state index contributed by atoms with van der Waals surface area (Å²) in [7, 11) is 0. The number of hydrogen-bond donors (Lipinski definition) is 1. The van der Waals surface area contributed by atoms with Crippen LogP contribution < -0.4 is 5.32 Å². The topological polar surface area (TPSA) is 83.4 Å². The third-order valence-corrected chi connectivity index (χ3v) is 3.31. The number of anilines is 1. The number of rotatable bonds is 2. The molecule has 88 valence electrons. The summed E-state index contributed by atoms with van der Waals surface area (Å²) < 4.78 is 0.732. The summed E-state index contributed by atoms with van der Waals surface area (Å²) in [5.74, 6) is 0. The summed E-state index contributed by atoms with van der Waals surface area (Å²) in [6.07, 6.45) is 0. The first kappa shape index (κ1) is 14.1. The van der Waals surface area contributed by atoms with Gasteiger partial charge in [0.15, 0.2) is 5.57 Å². The zero-order valence-electron chi connectivity index (χ0n) is 9.25. The molecule has 18 heavy (non-hydrogen) atoms. The normalized spacial score (nSPS) is 8.67. The standard InChI is InChI=1S/C12H6BrClN4/c1-7-2-9(13)10(14)3-11(7)18-12(6-17)8(4-15)5-16/h2-3,18H,1H3. The van der Waals surface area contributed by atoms with Crippen LogP contribution in [0.15, 0.2) is 27.9 Å². The molecule has 6 heteroatoms. The van der Waals surface area contributed by atoms with Gasteiger partial charge in [-0.05, 0) is 40.5 Å². The maximum absolute atomic E-state index is 8.92. The number of halogens is 2. The van der Waals surface area contributed by atoms with Crippen molar-refractivity contribution in [2.45, 2.75) is 6.92 Å². The summed E-state index contributed by atoms with van der Waals surface area (Å²) in [5, 5.41) is 29.6. The van der Waals surface area contributed by atoms with Gasteiger partial charge in [0.25, 0.3) is 0 Å². The third kappa shape index (κ3) is 3.02. The SMILES string of the molecule is Cc1cc(Br)c(Cl)cc1NC(C#N)=C(C#N)C#N. The Morgan fingerprint density at radius 3 is 2.33 bits per heavy atom. The molecular formula is C12H6BrClN4. The van der Waals surface area contributed by atoms with E-state index >= 15 is 0 Å². The second-order valence-corrected chi connectivity index (χ2v) is 4.55. The Morgan fingerprint density at radius 1 is 1.22 bits per heavy atom. The van der Waals surface area contributed by atoms with Crippen molar-refractivity contribution in [1.29, 1.82) is 15.8 Å². The van der Waals surface area contributed by atoms with E-state index in [9.17, 15) is 0 Å². The number of nitrogens with zero attached hydrogens (tertiary/aromatic N) is 3. The molecule has 1 aromatic carbocycles. The van der Waals surface area contributed by atoms with E-state index in [0.29, 0.717) is 10.7 Å². The molecule has 1 rings (SSSR count). The molecule has 1 N–H and O–H groups in total. The summed E-state index contributed by atoms with van der Waals surface area (Å²) >= 11 is 9.22. The maximum Gasteiger partial charge on any atom is 0.163 e. The summed E-state index contributed by atoms with van der Waals surface area (Å²) in [6, 6.07) is 8.49. The van der Waals surface area contributed by atoms with E-state index < -0.39 is 0 Å². The van der Waals surface area contributed by atoms with Crippen molar-refractivity contribution in [2.75, 3.05) is 5.32 Å². The Labute approximate surface area is 118 Å². The van der Waals surface area contributed by atoms with Crippen molar-refractivity contribution in [3.05, 3.63) is 38.5 Å². The van der Waals surface area contributed by atoms with Gasteiger partial charge in [0.2, 0.25) is 0 Å². The van der Waals surface area contributed by atoms with Gasteiger partial charge >= 0.3 is 0 Å². The molecule has 0 aliphatic heterocycles. The molecule has 0 saturated carbocycles. The highest BCUT2D eigenvalue weighted by Gasteiger charge is 2.09. The van der Waals surface area contributed by atoms with E-state index in [1.165, 1.54) is 0 Å². The van der Waals surface area contributed by atoms with Crippen LogP contribution in [0.1, 0.15) is 5.56 Å². The van der Waals surface area contributed by atoms with E-state index in [-0.39, 0.29) is 11.3 Å². The highest BCUT2D eigenvalue weighted by Crippen LogP contribution is 2.29. The quantitative estimate of drug-likeness (QED) is 0.843. The molecule has 0 spiro atoms. The lowest BCUT2D eigenvalue weighted by Gasteiger charge is -2.09. The highest BCUT2D eigenvalue weighted by atomic mass is 79.9. The van der Waals surface area contributed by atoms with Gasteiger partial charge in [0, 0.05) is 10.2 Å². The van der Waals surface area contributed by atoms with Crippen molar-refractivity contribution in [3.63, 3.8) is 0 Å². The fraction of sp³-hybridized carbons (Fsp3) is 0.0833. The Kier molecular flexibility index (Phi) is 4.75. The van der Waals surface area contributed by atoms with E-state index in [1.54, 1.807) is 30.3 Å². The summed E-state index contributed by atoms with van der Waals surface area (Å²) in [6.45, 7) is 1.82. The van der Waals surface area contributed by atoms with Gasteiger partial charge < -0.3 is 5.32 Å². The number of benzene rings is 1. The second kappa shape index (κ2) is 6.07. The molecule has 0 heterocycles. The van der Waals surface area contributed by atoms with Gasteiger partial charge in [-0.3, -0.25) is 0 Å². The molecule has 0 aromatic heterocycles. The van der Waals surface area contributed by atoms with Crippen LogP contribution in [-0.4, -0.2) is 0 Å². The van der Waals surface area contributed by atoms with E-state index in [0.717, 1.165) is 10.0 Å². The minimum absolute atomic E-state index is 0.0958. The Hall–Kier alpha value is -2.00. The van der Waals surface area contributed by atoms with Crippen LogP contribution in [0.25, 0.3) is 0 Å². The molecule has 0 amide bonds. The minimum atomic E-state index is -0.268. The van der Waals surface area contributed by atoms with Crippen LogP contribution in [0.4, 0.5) is 5.69 Å². The van der Waals surface area contributed by atoms with E-state index in [2.05, 4.69) is 21.2 Å². The molecule has 0 fully saturated rings. The zero-order valence-corrected chi connectivity index (χ0v) is 11.6. The van der Waals surface area contributed by atoms with Crippen molar-refractivity contribution in [2.24, 2.45) is 0 Å². The molecular weight excluding hydrogens is 316 g/mol. The van der Waals surface area contributed by atoms with Crippen molar-refractivity contribution >= 4 is 33.2 Å². The third-order valence-electron chi connectivity index (χ3n) is 2.11. The molecule has 0 bridgehead atoms. The average Bonchev–Trinajstić information content (AvgIpc) is 2.35. The number of allylic oxidation sites excluding steroid dienone is 2. The Bertz CT molecular complexity index is 628. The second-order valence-electron chi connectivity index (χ2n) is 3.29. The monoisotopic (exact) mass is 320 g/mol. The van der Waals surface area contributed by atoms with Crippen LogP contribution in [0, 0.1) is 40.9 Å². The van der Waals surface area contributed by atoms with Crippen molar-refractivity contribution < 1.29 is 0 Å². The molecule has 0 saturated heterocycles. The zero-order chi connectivity index (χ0) is 13.7. The molecule has 0 unspecified atom stereocenters. The van der Waals surface area contributed by atoms with Crippen LogP contribution >= 0.6 is 27.5 Å². The average molecular weight is 322 g/mol. The van der Waals surface area contributed by atoms with Crippen molar-refractivity contribution in [1.82, 2.24) is 0 Å². The first-order chi connectivity index (χ1) is 8.53.